The van der Waals surface area contributed by atoms with Gasteiger partial charge in [0.1, 0.15) is 6.61 Å². The van der Waals surface area contributed by atoms with Gasteiger partial charge >= 0.3 is 12.4 Å². The number of rotatable bonds is 5. The van der Waals surface area contributed by atoms with Crippen LogP contribution in [0.5, 0.6) is 0 Å². The molecule has 35 heavy (non-hydrogen) atoms. The van der Waals surface area contributed by atoms with E-state index in [2.05, 4.69) is 10.6 Å². The Labute approximate surface area is 198 Å². The second-order valence-corrected chi connectivity index (χ2v) is 8.32. The highest BCUT2D eigenvalue weighted by atomic mass is 19.4. The number of halogens is 6. The summed E-state index contributed by atoms with van der Waals surface area (Å²) in [7, 11) is 0. The molecule has 5 nitrogen and oxygen atoms in total. The van der Waals surface area contributed by atoms with Gasteiger partial charge in [-0.3, -0.25) is 4.79 Å². The highest BCUT2D eigenvalue weighted by Gasteiger charge is 2.38. The summed E-state index contributed by atoms with van der Waals surface area (Å²) in [5.41, 5.74) is -3.12. The van der Waals surface area contributed by atoms with E-state index < -0.39 is 35.1 Å². The Bertz CT molecular complexity index is 965. The Morgan fingerprint density at radius 3 is 2.23 bits per heavy atom. The first-order valence-electron chi connectivity index (χ1n) is 11.0. The zero-order valence-electron chi connectivity index (χ0n) is 18.9. The number of alkyl halides is 6. The molecule has 1 heterocycles. The van der Waals surface area contributed by atoms with Crippen molar-refractivity contribution in [3.05, 3.63) is 70.8 Å². The van der Waals surface area contributed by atoms with Crippen molar-refractivity contribution in [2.45, 2.75) is 37.3 Å². The molecule has 0 unspecified atom stereocenters. The number of ether oxygens (including phenoxy) is 2. The number of hydrogen-bond donors (Lipinski definition) is 2. The Morgan fingerprint density at radius 1 is 1.00 bits per heavy atom. The second kappa shape index (κ2) is 11.0. The molecular formula is C24H26F6N2O3. The average molecular weight is 504 g/mol. The van der Waals surface area contributed by atoms with Crippen molar-refractivity contribution in [1.82, 2.24) is 10.6 Å². The van der Waals surface area contributed by atoms with E-state index in [1.54, 1.807) is 12.1 Å². The van der Waals surface area contributed by atoms with Crippen LogP contribution in [0.25, 0.3) is 0 Å². The summed E-state index contributed by atoms with van der Waals surface area (Å²) in [5.74, 6) is -0.285. The third-order valence-corrected chi connectivity index (χ3v) is 5.80. The molecule has 2 atom stereocenters. The van der Waals surface area contributed by atoms with Gasteiger partial charge in [-0.25, -0.2) is 0 Å². The zero-order valence-corrected chi connectivity index (χ0v) is 18.9. The first kappa shape index (κ1) is 27.0. The smallest absolute Gasteiger partial charge is 0.372 e. The molecule has 1 amide bonds. The maximum Gasteiger partial charge on any atom is 0.416 e. The molecule has 0 aliphatic carbocycles. The van der Waals surface area contributed by atoms with Crippen LogP contribution in [0.2, 0.25) is 0 Å². The van der Waals surface area contributed by atoms with Crippen molar-refractivity contribution in [2.24, 2.45) is 0 Å². The molecule has 0 aromatic heterocycles. The standard InChI is InChI=1S/C24H26F6N2O3/c1-16(17-11-19(23(25,26)27)13-20(12-17)24(28,29)30)35-15-22(18-5-3-2-4-6-18)7-8-31-21(33)14-34-10-9-32-22/h2-6,11-13,16,32H,7-10,14-15H2,1H3,(H,31,33)/t16-,22-/m1/s1. The fourth-order valence-corrected chi connectivity index (χ4v) is 3.87. The maximum absolute atomic E-state index is 13.3. The monoisotopic (exact) mass is 504 g/mol. The number of amides is 1. The molecule has 11 heteroatoms. The van der Waals surface area contributed by atoms with Crippen LogP contribution in [0.3, 0.4) is 0 Å². The normalized spacial score (nSPS) is 21.3. The highest BCUT2D eigenvalue weighted by Crippen LogP contribution is 2.38. The SMILES string of the molecule is C[C@@H](OC[C@@]1(c2ccccc2)CCNC(=O)COCCN1)c1cc(C(F)(F)F)cc(C(F)(F)F)c1. The fraction of sp³-hybridized carbons (Fsp3) is 0.458. The largest absolute Gasteiger partial charge is 0.416 e. The molecule has 0 saturated carbocycles. The minimum absolute atomic E-state index is 0.0777. The molecule has 0 bridgehead atoms. The predicted octanol–water partition coefficient (Wildman–Crippen LogP) is 4.82. The van der Waals surface area contributed by atoms with Gasteiger partial charge in [0.2, 0.25) is 5.91 Å². The van der Waals surface area contributed by atoms with Crippen LogP contribution in [0.15, 0.2) is 48.5 Å². The second-order valence-electron chi connectivity index (χ2n) is 8.32. The lowest BCUT2D eigenvalue weighted by Gasteiger charge is -2.37. The van der Waals surface area contributed by atoms with Gasteiger partial charge in [0, 0.05) is 13.1 Å². The van der Waals surface area contributed by atoms with Gasteiger partial charge in [-0.15, -0.1) is 0 Å². The molecule has 3 rings (SSSR count). The number of carbonyl (C=O) groups is 1. The summed E-state index contributed by atoms with van der Waals surface area (Å²) in [5, 5.41) is 6.09. The minimum atomic E-state index is -4.95. The number of benzene rings is 2. The third kappa shape index (κ3) is 7.18. The molecular weight excluding hydrogens is 478 g/mol. The van der Waals surface area contributed by atoms with Gasteiger partial charge in [0.25, 0.3) is 0 Å². The minimum Gasteiger partial charge on any atom is -0.372 e. The summed E-state index contributed by atoms with van der Waals surface area (Å²) in [6.45, 7) is 2.07. The number of carbonyl (C=O) groups excluding carboxylic acids is 1. The molecule has 0 spiro atoms. The van der Waals surface area contributed by atoms with E-state index in [0.29, 0.717) is 25.1 Å². The number of nitrogens with one attached hydrogen (secondary N) is 2. The predicted molar refractivity (Wildman–Crippen MR) is 115 cm³/mol. The lowest BCUT2D eigenvalue weighted by molar-refractivity contribution is -0.143. The van der Waals surface area contributed by atoms with Crippen LogP contribution < -0.4 is 10.6 Å². The van der Waals surface area contributed by atoms with E-state index >= 15 is 0 Å². The van der Waals surface area contributed by atoms with E-state index in [0.717, 1.165) is 5.56 Å². The highest BCUT2D eigenvalue weighted by molar-refractivity contribution is 5.77. The first-order valence-corrected chi connectivity index (χ1v) is 11.0. The Kier molecular flexibility index (Phi) is 8.45. The van der Waals surface area contributed by atoms with Crippen LogP contribution in [0, 0.1) is 0 Å². The zero-order chi connectivity index (χ0) is 25.7. The lowest BCUT2D eigenvalue weighted by Crippen LogP contribution is -2.51. The van der Waals surface area contributed by atoms with Crippen molar-refractivity contribution in [3.8, 4) is 0 Å². The summed E-state index contributed by atoms with van der Waals surface area (Å²) in [4.78, 5) is 11.9. The fourth-order valence-electron chi connectivity index (χ4n) is 3.87. The quantitative estimate of drug-likeness (QED) is 0.574. The molecule has 1 saturated heterocycles. The molecule has 0 radical (unpaired) electrons. The van der Waals surface area contributed by atoms with E-state index in [1.165, 1.54) is 6.92 Å². The first-order chi connectivity index (χ1) is 16.4. The van der Waals surface area contributed by atoms with E-state index in [1.807, 2.05) is 18.2 Å². The van der Waals surface area contributed by atoms with Crippen molar-refractivity contribution in [3.63, 3.8) is 0 Å². The van der Waals surface area contributed by atoms with Crippen LogP contribution in [0.1, 0.15) is 41.7 Å². The Balaban J connectivity index is 1.90. The van der Waals surface area contributed by atoms with Crippen LogP contribution in [-0.2, 0) is 32.2 Å². The Hall–Kier alpha value is -2.63. The van der Waals surface area contributed by atoms with Gasteiger partial charge in [-0.2, -0.15) is 26.3 Å². The summed E-state index contributed by atoms with van der Waals surface area (Å²) >= 11 is 0. The molecule has 2 aromatic rings. The lowest BCUT2D eigenvalue weighted by atomic mass is 9.86. The molecule has 1 aliphatic heterocycles. The summed E-state index contributed by atoms with van der Waals surface area (Å²) < 4.78 is 90.9. The van der Waals surface area contributed by atoms with Gasteiger partial charge < -0.3 is 20.1 Å². The van der Waals surface area contributed by atoms with Gasteiger partial charge in [-0.1, -0.05) is 30.3 Å². The number of hydrogen-bond acceptors (Lipinski definition) is 4. The molecule has 1 aliphatic rings. The molecule has 2 aromatic carbocycles. The van der Waals surface area contributed by atoms with E-state index in [-0.39, 0.29) is 43.9 Å². The van der Waals surface area contributed by atoms with Crippen molar-refractivity contribution in [2.75, 3.05) is 32.9 Å². The van der Waals surface area contributed by atoms with Crippen molar-refractivity contribution >= 4 is 5.91 Å². The molecule has 2 N–H and O–H groups in total. The van der Waals surface area contributed by atoms with Gasteiger partial charge in [0.15, 0.2) is 0 Å². The van der Waals surface area contributed by atoms with Crippen LogP contribution >= 0.6 is 0 Å². The van der Waals surface area contributed by atoms with Crippen molar-refractivity contribution in [1.29, 1.82) is 0 Å². The van der Waals surface area contributed by atoms with Gasteiger partial charge in [-0.05, 0) is 42.7 Å². The third-order valence-electron chi connectivity index (χ3n) is 5.80. The van der Waals surface area contributed by atoms with Crippen LogP contribution in [-0.4, -0.2) is 38.8 Å². The maximum atomic E-state index is 13.3. The average Bonchev–Trinajstić information content (AvgIpc) is 2.81. The Morgan fingerprint density at radius 2 is 1.63 bits per heavy atom. The van der Waals surface area contributed by atoms with Crippen LogP contribution in [0.4, 0.5) is 26.3 Å². The molecule has 1 fully saturated rings. The van der Waals surface area contributed by atoms with E-state index in [9.17, 15) is 31.1 Å². The summed E-state index contributed by atoms with van der Waals surface area (Å²) in [6, 6.07) is 10.5. The van der Waals surface area contributed by atoms with Gasteiger partial charge in [0.05, 0.1) is 36.0 Å². The summed E-state index contributed by atoms with van der Waals surface area (Å²) in [6.07, 6.45) is -10.6. The molecule has 192 valence electrons. The topological polar surface area (TPSA) is 59.6 Å². The van der Waals surface area contributed by atoms with Crippen molar-refractivity contribution < 1.29 is 40.6 Å². The van der Waals surface area contributed by atoms with E-state index in [4.69, 9.17) is 9.47 Å².